The van der Waals surface area contributed by atoms with Gasteiger partial charge in [-0.05, 0) is 58.2 Å². The van der Waals surface area contributed by atoms with Gasteiger partial charge in [0.15, 0.2) is 6.04 Å². The van der Waals surface area contributed by atoms with Crippen LogP contribution in [0.4, 0.5) is 4.79 Å². The molecular formula is C31H34N2O4. The number of benzene rings is 3. The fourth-order valence-electron chi connectivity index (χ4n) is 4.34. The van der Waals surface area contributed by atoms with Crippen LogP contribution in [-0.2, 0) is 14.3 Å². The number of aliphatic imine (C=N–C) groups is 1. The van der Waals surface area contributed by atoms with Gasteiger partial charge in [-0.25, -0.2) is 9.59 Å². The summed E-state index contributed by atoms with van der Waals surface area (Å²) in [6.07, 6.45) is -0.637. The molecule has 6 heteroatoms. The Kier molecular flexibility index (Phi) is 7.21. The first kappa shape index (κ1) is 26.1. The largest absolute Gasteiger partial charge is 0.458 e. The van der Waals surface area contributed by atoms with Gasteiger partial charge in [0.05, 0.1) is 11.8 Å². The van der Waals surface area contributed by atoms with E-state index in [2.05, 4.69) is 5.32 Å². The molecule has 3 aromatic rings. The molecule has 0 spiro atoms. The van der Waals surface area contributed by atoms with Crippen LogP contribution < -0.4 is 5.32 Å². The van der Waals surface area contributed by atoms with Gasteiger partial charge in [0.2, 0.25) is 0 Å². The molecule has 6 nitrogen and oxygen atoms in total. The van der Waals surface area contributed by atoms with E-state index in [0.29, 0.717) is 11.3 Å². The van der Waals surface area contributed by atoms with Gasteiger partial charge in [-0.2, -0.15) is 0 Å². The highest BCUT2D eigenvalue weighted by atomic mass is 16.6. The Bertz CT molecular complexity index is 1270. The number of hydrogen-bond donors (Lipinski definition) is 1. The average Bonchev–Trinajstić information content (AvgIpc) is 3.13. The highest BCUT2D eigenvalue weighted by molar-refractivity contribution is 6.24. The number of alkyl carbamates (subject to hydrolysis) is 1. The van der Waals surface area contributed by atoms with Crippen LogP contribution in [0.2, 0.25) is 0 Å². The lowest BCUT2D eigenvalue weighted by Gasteiger charge is -2.29. The third kappa shape index (κ3) is 6.26. The maximum Gasteiger partial charge on any atom is 0.408 e. The molecule has 0 aromatic heterocycles. The molecule has 0 saturated carbocycles. The van der Waals surface area contributed by atoms with Crippen LogP contribution in [0.3, 0.4) is 0 Å². The third-order valence-corrected chi connectivity index (χ3v) is 5.72. The monoisotopic (exact) mass is 498 g/mol. The van der Waals surface area contributed by atoms with E-state index in [1.807, 2.05) is 99.6 Å². The van der Waals surface area contributed by atoms with Crippen molar-refractivity contribution in [1.29, 1.82) is 0 Å². The van der Waals surface area contributed by atoms with Crippen molar-refractivity contribution in [2.45, 2.75) is 64.8 Å². The number of nitrogens with one attached hydrogen (secondary N) is 1. The van der Waals surface area contributed by atoms with E-state index < -0.39 is 35.3 Å². The molecule has 1 N–H and O–H groups in total. The number of ether oxygens (including phenoxy) is 2. The van der Waals surface area contributed by atoms with Gasteiger partial charge < -0.3 is 14.8 Å². The second-order valence-corrected chi connectivity index (χ2v) is 11.1. The minimum absolute atomic E-state index is 0.535. The van der Waals surface area contributed by atoms with Gasteiger partial charge in [0.25, 0.3) is 0 Å². The van der Waals surface area contributed by atoms with Gasteiger partial charge in [-0.1, -0.05) is 78.9 Å². The maximum atomic E-state index is 13.7. The van der Waals surface area contributed by atoms with Crippen molar-refractivity contribution in [3.05, 3.63) is 95.6 Å². The van der Waals surface area contributed by atoms with E-state index in [9.17, 15) is 9.59 Å². The van der Waals surface area contributed by atoms with Crippen molar-refractivity contribution < 1.29 is 19.1 Å². The zero-order valence-electron chi connectivity index (χ0n) is 22.2. The summed E-state index contributed by atoms with van der Waals surface area (Å²) < 4.78 is 11.4. The number of esters is 1. The lowest BCUT2D eigenvalue weighted by molar-refractivity contribution is -0.157. The Labute approximate surface area is 218 Å². The molecule has 0 fully saturated rings. The standard InChI is InChI=1S/C31H34N2O4/c1-30(2,3)36-28(34)27(25(20-14-8-7-9-15-20)33-29(35)37-31(4,5)6)32-26-23-18-12-10-16-21(23)22-17-11-13-19-24(22)26/h7-19,25,27H,1-6H3,(H,33,35)/t25-,27+/m1/s1. The zero-order chi connectivity index (χ0) is 26.8. The summed E-state index contributed by atoms with van der Waals surface area (Å²) in [5.74, 6) is -0.535. The predicted octanol–water partition coefficient (Wildman–Crippen LogP) is 6.48. The molecular weight excluding hydrogens is 464 g/mol. The summed E-state index contributed by atoms with van der Waals surface area (Å²) in [5, 5.41) is 2.91. The molecule has 2 atom stereocenters. The van der Waals surface area contributed by atoms with Crippen LogP contribution in [0.1, 0.15) is 64.3 Å². The van der Waals surface area contributed by atoms with E-state index in [1.165, 1.54) is 0 Å². The zero-order valence-corrected chi connectivity index (χ0v) is 22.2. The molecule has 0 heterocycles. The Morgan fingerprint density at radius 1 is 0.676 bits per heavy atom. The van der Waals surface area contributed by atoms with E-state index in [-0.39, 0.29) is 0 Å². The first-order valence-electron chi connectivity index (χ1n) is 12.5. The van der Waals surface area contributed by atoms with E-state index in [4.69, 9.17) is 14.5 Å². The number of amides is 1. The second kappa shape index (κ2) is 10.2. The quantitative estimate of drug-likeness (QED) is 0.320. The molecule has 0 unspecified atom stereocenters. The van der Waals surface area contributed by atoms with Crippen molar-refractivity contribution in [1.82, 2.24) is 5.32 Å². The molecule has 1 aliphatic rings. The number of carbonyl (C=O) groups is 2. The molecule has 3 aromatic carbocycles. The van der Waals surface area contributed by atoms with E-state index >= 15 is 0 Å². The van der Waals surface area contributed by atoms with Crippen LogP contribution in [0, 0.1) is 0 Å². The van der Waals surface area contributed by atoms with Gasteiger partial charge in [-0.3, -0.25) is 4.99 Å². The normalized spacial score (nSPS) is 14.2. The van der Waals surface area contributed by atoms with Crippen LogP contribution in [0.5, 0.6) is 0 Å². The summed E-state index contributed by atoms with van der Waals surface area (Å²) >= 11 is 0. The first-order valence-corrected chi connectivity index (χ1v) is 12.5. The Hall–Kier alpha value is -3.93. The summed E-state index contributed by atoms with van der Waals surface area (Å²) in [6.45, 7) is 10.8. The topological polar surface area (TPSA) is 77.0 Å². The van der Waals surface area contributed by atoms with Crippen molar-refractivity contribution in [2.75, 3.05) is 0 Å². The Balaban J connectivity index is 1.87. The van der Waals surface area contributed by atoms with Crippen LogP contribution >= 0.6 is 0 Å². The summed E-state index contributed by atoms with van der Waals surface area (Å²) in [7, 11) is 0. The SMILES string of the molecule is CC(C)(C)OC(=O)N[C@H](c1ccccc1)[C@H](N=C1c2ccccc2-c2ccccc21)C(=O)OC(C)(C)C. The number of carbonyl (C=O) groups excluding carboxylic acids is 2. The molecule has 1 amide bonds. The molecule has 4 rings (SSSR count). The van der Waals surface area contributed by atoms with Gasteiger partial charge in [-0.15, -0.1) is 0 Å². The van der Waals surface area contributed by atoms with Gasteiger partial charge >= 0.3 is 12.1 Å². The predicted molar refractivity (Wildman–Crippen MR) is 146 cm³/mol. The summed E-state index contributed by atoms with van der Waals surface area (Å²) in [6, 6.07) is 23.4. The minimum Gasteiger partial charge on any atom is -0.458 e. The van der Waals surface area contributed by atoms with Gasteiger partial charge in [0.1, 0.15) is 11.2 Å². The fraction of sp³-hybridized carbons (Fsp3) is 0.323. The van der Waals surface area contributed by atoms with Gasteiger partial charge in [0, 0.05) is 11.1 Å². The lowest BCUT2D eigenvalue weighted by Crippen LogP contribution is -2.44. The molecule has 1 aliphatic carbocycles. The van der Waals surface area contributed by atoms with Crippen molar-refractivity contribution in [3.63, 3.8) is 0 Å². The minimum atomic E-state index is -1.07. The highest BCUT2D eigenvalue weighted by Gasteiger charge is 2.37. The third-order valence-electron chi connectivity index (χ3n) is 5.72. The van der Waals surface area contributed by atoms with Crippen molar-refractivity contribution in [3.8, 4) is 11.1 Å². The van der Waals surface area contributed by atoms with Crippen LogP contribution in [-0.4, -0.2) is 35.0 Å². The average molecular weight is 499 g/mol. The maximum absolute atomic E-state index is 13.7. The number of rotatable bonds is 5. The lowest BCUT2D eigenvalue weighted by atomic mass is 9.98. The summed E-state index contributed by atoms with van der Waals surface area (Å²) in [4.78, 5) is 31.7. The second-order valence-electron chi connectivity index (χ2n) is 11.1. The van der Waals surface area contributed by atoms with E-state index in [1.54, 1.807) is 20.8 Å². The Morgan fingerprint density at radius 3 is 1.62 bits per heavy atom. The number of nitrogens with zero attached hydrogens (tertiary/aromatic N) is 1. The highest BCUT2D eigenvalue weighted by Crippen LogP contribution is 2.37. The fourth-order valence-corrected chi connectivity index (χ4v) is 4.34. The van der Waals surface area contributed by atoms with E-state index in [0.717, 1.165) is 22.3 Å². The van der Waals surface area contributed by atoms with Crippen LogP contribution in [0.25, 0.3) is 11.1 Å². The first-order chi connectivity index (χ1) is 17.4. The van der Waals surface area contributed by atoms with Crippen molar-refractivity contribution in [2.24, 2.45) is 4.99 Å². The molecule has 37 heavy (non-hydrogen) atoms. The molecule has 0 aliphatic heterocycles. The number of hydrogen-bond acceptors (Lipinski definition) is 5. The number of fused-ring (bicyclic) bond motifs is 3. The van der Waals surface area contributed by atoms with Crippen molar-refractivity contribution >= 4 is 17.8 Å². The molecule has 192 valence electrons. The van der Waals surface area contributed by atoms with Crippen LogP contribution in [0.15, 0.2) is 83.9 Å². The summed E-state index contributed by atoms with van der Waals surface area (Å²) in [5.41, 5.74) is 3.92. The molecule has 0 radical (unpaired) electrons. The molecule has 0 saturated heterocycles. The molecule has 0 bridgehead atoms. The Morgan fingerprint density at radius 2 is 1.14 bits per heavy atom. The smallest absolute Gasteiger partial charge is 0.408 e.